The third-order valence-electron chi connectivity index (χ3n) is 5.15. The van der Waals surface area contributed by atoms with Crippen LogP contribution >= 0.6 is 0 Å². The van der Waals surface area contributed by atoms with Crippen LogP contribution in [0, 0.1) is 0 Å². The average molecular weight is 346 g/mol. The number of aromatic nitrogens is 3. The number of aromatic amines is 1. The minimum absolute atomic E-state index is 0.152. The summed E-state index contributed by atoms with van der Waals surface area (Å²) in [5, 5.41) is 5.45. The molecular formula is C21H22N4O. The predicted octanol–water partition coefficient (Wildman–Crippen LogP) is 3.44. The summed E-state index contributed by atoms with van der Waals surface area (Å²) in [4.78, 5) is 19.5. The van der Waals surface area contributed by atoms with Crippen LogP contribution in [0.1, 0.15) is 12.5 Å². The van der Waals surface area contributed by atoms with Gasteiger partial charge in [0.05, 0.1) is 23.3 Å². The Hall–Kier alpha value is -2.92. The van der Waals surface area contributed by atoms with Gasteiger partial charge in [-0.1, -0.05) is 18.2 Å². The van der Waals surface area contributed by atoms with Gasteiger partial charge in [-0.25, -0.2) is 0 Å². The van der Waals surface area contributed by atoms with Crippen LogP contribution in [0.5, 0.6) is 0 Å². The van der Waals surface area contributed by atoms with Crippen LogP contribution in [0.4, 0.5) is 0 Å². The van der Waals surface area contributed by atoms with E-state index in [1.807, 2.05) is 32.7 Å². The molecule has 0 amide bonds. The quantitative estimate of drug-likeness (QED) is 0.582. The molecule has 1 atom stereocenters. The first-order chi connectivity index (χ1) is 12.6. The van der Waals surface area contributed by atoms with Crippen LogP contribution in [0.2, 0.25) is 0 Å². The van der Waals surface area contributed by atoms with E-state index in [1.165, 1.54) is 10.9 Å². The Labute approximate surface area is 152 Å². The lowest BCUT2D eigenvalue weighted by Gasteiger charge is -2.11. The molecule has 1 aromatic carbocycles. The first kappa shape index (κ1) is 16.5. The van der Waals surface area contributed by atoms with Crippen LogP contribution < -0.4 is 5.32 Å². The SMILES string of the molecule is CNC(Cc1c[nH]c2c(-c3cn(C)c4cnccc34)cccc12)C(C)=O. The lowest BCUT2D eigenvalue weighted by atomic mass is 9.98. The maximum Gasteiger partial charge on any atom is 0.147 e. The number of likely N-dealkylation sites (N-methyl/N-ethyl adjacent to an activating group) is 1. The highest BCUT2D eigenvalue weighted by Crippen LogP contribution is 2.35. The molecule has 1 unspecified atom stereocenters. The van der Waals surface area contributed by atoms with Gasteiger partial charge < -0.3 is 14.9 Å². The number of H-pyrrole nitrogens is 1. The first-order valence-corrected chi connectivity index (χ1v) is 8.76. The molecule has 0 radical (unpaired) electrons. The summed E-state index contributed by atoms with van der Waals surface area (Å²) in [5.74, 6) is 0.152. The molecule has 0 saturated heterocycles. The van der Waals surface area contributed by atoms with Gasteiger partial charge in [0.25, 0.3) is 0 Å². The smallest absolute Gasteiger partial charge is 0.147 e. The van der Waals surface area contributed by atoms with Gasteiger partial charge in [-0.05, 0) is 32.0 Å². The van der Waals surface area contributed by atoms with Gasteiger partial charge in [0, 0.05) is 47.5 Å². The zero-order valence-corrected chi connectivity index (χ0v) is 15.2. The van der Waals surface area contributed by atoms with Crippen molar-refractivity contribution in [3.63, 3.8) is 0 Å². The normalized spacial score (nSPS) is 12.7. The maximum atomic E-state index is 11.8. The van der Waals surface area contributed by atoms with Crippen molar-refractivity contribution in [2.45, 2.75) is 19.4 Å². The number of fused-ring (bicyclic) bond motifs is 2. The van der Waals surface area contributed by atoms with Crippen molar-refractivity contribution in [3.8, 4) is 11.1 Å². The summed E-state index contributed by atoms with van der Waals surface area (Å²) in [7, 11) is 3.87. The number of nitrogens with zero attached hydrogens (tertiary/aromatic N) is 2. The summed E-state index contributed by atoms with van der Waals surface area (Å²) >= 11 is 0. The van der Waals surface area contributed by atoms with E-state index in [-0.39, 0.29) is 11.8 Å². The van der Waals surface area contributed by atoms with E-state index in [0.717, 1.165) is 27.5 Å². The fourth-order valence-corrected chi connectivity index (χ4v) is 3.72. The maximum absolute atomic E-state index is 11.8. The molecule has 3 heterocycles. The van der Waals surface area contributed by atoms with Gasteiger partial charge in [-0.3, -0.25) is 9.78 Å². The number of Topliss-reactive ketones (excluding diaryl/α,β-unsaturated/α-hetero) is 1. The number of rotatable bonds is 5. The van der Waals surface area contributed by atoms with Gasteiger partial charge >= 0.3 is 0 Å². The highest BCUT2D eigenvalue weighted by Gasteiger charge is 2.17. The van der Waals surface area contributed by atoms with Crippen LogP contribution in [-0.2, 0) is 18.3 Å². The number of ketones is 1. The van der Waals surface area contributed by atoms with Gasteiger partial charge in [0.1, 0.15) is 5.78 Å². The van der Waals surface area contributed by atoms with E-state index < -0.39 is 0 Å². The summed E-state index contributed by atoms with van der Waals surface area (Å²) in [6, 6.07) is 8.22. The standard InChI is InChI=1S/C21H22N4O/c1-13(26)19(22-2)9-14-10-24-21-15(14)5-4-6-17(21)18-12-25(3)20-11-23-8-7-16(18)20/h4-8,10-12,19,22,24H,9H2,1-3H3. The van der Waals surface area contributed by atoms with E-state index in [1.54, 1.807) is 6.92 Å². The van der Waals surface area contributed by atoms with E-state index in [9.17, 15) is 4.79 Å². The Morgan fingerprint density at radius 3 is 2.88 bits per heavy atom. The molecule has 132 valence electrons. The van der Waals surface area contributed by atoms with Crippen molar-refractivity contribution in [2.24, 2.45) is 7.05 Å². The Kier molecular flexibility index (Phi) is 4.09. The molecule has 26 heavy (non-hydrogen) atoms. The summed E-state index contributed by atoms with van der Waals surface area (Å²) < 4.78 is 2.10. The Morgan fingerprint density at radius 2 is 2.12 bits per heavy atom. The highest BCUT2D eigenvalue weighted by atomic mass is 16.1. The summed E-state index contributed by atoms with van der Waals surface area (Å²) in [6.07, 6.45) is 8.57. The number of carbonyl (C=O) groups excluding carboxylic acids is 1. The van der Waals surface area contributed by atoms with Crippen LogP contribution in [0.15, 0.2) is 49.1 Å². The number of aryl methyl sites for hydroxylation is 1. The number of carbonyl (C=O) groups is 1. The molecular weight excluding hydrogens is 324 g/mol. The summed E-state index contributed by atoms with van der Waals surface area (Å²) in [5.41, 5.74) is 5.71. The number of nitrogens with one attached hydrogen (secondary N) is 2. The second kappa shape index (κ2) is 6.42. The molecule has 4 aromatic rings. The van der Waals surface area contributed by atoms with Crippen molar-refractivity contribution in [2.75, 3.05) is 7.05 Å². The molecule has 0 aliphatic heterocycles. The fourth-order valence-electron chi connectivity index (χ4n) is 3.72. The van der Waals surface area contributed by atoms with Gasteiger partial charge in [0.2, 0.25) is 0 Å². The van der Waals surface area contributed by atoms with E-state index in [2.05, 4.69) is 50.3 Å². The van der Waals surface area contributed by atoms with Gasteiger partial charge in [-0.15, -0.1) is 0 Å². The molecule has 4 rings (SSSR count). The molecule has 3 aromatic heterocycles. The predicted molar refractivity (Wildman–Crippen MR) is 105 cm³/mol. The fraction of sp³-hybridized carbons (Fsp3) is 0.238. The molecule has 2 N–H and O–H groups in total. The molecule has 0 fully saturated rings. The molecule has 0 aliphatic carbocycles. The molecule has 0 bridgehead atoms. The Balaban J connectivity index is 1.86. The third-order valence-corrected chi connectivity index (χ3v) is 5.15. The minimum Gasteiger partial charge on any atom is -0.360 e. The highest BCUT2D eigenvalue weighted by molar-refractivity contribution is 6.04. The van der Waals surface area contributed by atoms with Crippen molar-refractivity contribution in [3.05, 3.63) is 54.6 Å². The zero-order valence-electron chi connectivity index (χ0n) is 15.2. The minimum atomic E-state index is -0.165. The van der Waals surface area contributed by atoms with E-state index in [4.69, 9.17) is 0 Å². The van der Waals surface area contributed by atoms with Gasteiger partial charge in [0.15, 0.2) is 0 Å². The van der Waals surface area contributed by atoms with Crippen molar-refractivity contribution in [1.82, 2.24) is 19.9 Å². The molecule has 0 aliphatic rings. The van der Waals surface area contributed by atoms with E-state index in [0.29, 0.717) is 6.42 Å². The van der Waals surface area contributed by atoms with Gasteiger partial charge in [-0.2, -0.15) is 0 Å². The molecule has 0 saturated carbocycles. The monoisotopic (exact) mass is 346 g/mol. The topological polar surface area (TPSA) is 62.7 Å². The number of hydrogen-bond donors (Lipinski definition) is 2. The lowest BCUT2D eigenvalue weighted by Crippen LogP contribution is -2.34. The number of pyridine rings is 1. The Morgan fingerprint density at radius 1 is 1.27 bits per heavy atom. The molecule has 5 nitrogen and oxygen atoms in total. The van der Waals surface area contributed by atoms with Crippen LogP contribution in [0.3, 0.4) is 0 Å². The van der Waals surface area contributed by atoms with Crippen molar-refractivity contribution < 1.29 is 4.79 Å². The summed E-state index contributed by atoms with van der Waals surface area (Å²) in [6.45, 7) is 1.63. The van der Waals surface area contributed by atoms with E-state index >= 15 is 0 Å². The van der Waals surface area contributed by atoms with Crippen LogP contribution in [-0.4, -0.2) is 33.4 Å². The average Bonchev–Trinajstić information content (AvgIpc) is 3.21. The third kappa shape index (κ3) is 2.61. The molecule has 5 heteroatoms. The molecule has 0 spiro atoms. The largest absolute Gasteiger partial charge is 0.360 e. The second-order valence-electron chi connectivity index (χ2n) is 6.74. The number of para-hydroxylation sites is 1. The zero-order chi connectivity index (χ0) is 18.3. The van der Waals surface area contributed by atoms with Crippen LogP contribution in [0.25, 0.3) is 32.9 Å². The Bertz CT molecular complexity index is 1110. The first-order valence-electron chi connectivity index (χ1n) is 8.76. The number of hydrogen-bond acceptors (Lipinski definition) is 3. The second-order valence-corrected chi connectivity index (χ2v) is 6.74. The van der Waals surface area contributed by atoms with Crippen molar-refractivity contribution >= 4 is 27.6 Å². The lowest BCUT2D eigenvalue weighted by molar-refractivity contribution is -0.118. The number of benzene rings is 1. The van der Waals surface area contributed by atoms with Crippen molar-refractivity contribution in [1.29, 1.82) is 0 Å².